The van der Waals surface area contributed by atoms with Gasteiger partial charge in [-0.3, -0.25) is 15.4 Å². The fraction of sp³-hybridized carbons (Fsp3) is 0.600. The highest BCUT2D eigenvalue weighted by atomic mass is 16.6. The number of benzene rings is 1. The van der Waals surface area contributed by atoms with Crippen LogP contribution in [0.5, 0.6) is 0 Å². The van der Waals surface area contributed by atoms with E-state index in [0.717, 1.165) is 31.2 Å². The molecule has 21 heavy (non-hydrogen) atoms. The first-order valence-corrected chi connectivity index (χ1v) is 7.44. The van der Waals surface area contributed by atoms with Crippen LogP contribution < -0.4 is 5.32 Å². The molecule has 2 N–H and O–H groups in total. The van der Waals surface area contributed by atoms with Crippen molar-refractivity contribution < 1.29 is 14.8 Å². The van der Waals surface area contributed by atoms with Crippen molar-refractivity contribution in [3.05, 3.63) is 39.9 Å². The van der Waals surface area contributed by atoms with Crippen LogP contribution in [0, 0.1) is 10.1 Å². The lowest BCUT2D eigenvalue weighted by molar-refractivity contribution is -0.384. The van der Waals surface area contributed by atoms with E-state index in [-0.39, 0.29) is 30.2 Å². The quantitative estimate of drug-likeness (QED) is 0.659. The number of nitrogens with zero attached hydrogens (tertiary/aromatic N) is 1. The Morgan fingerprint density at radius 1 is 1.29 bits per heavy atom. The minimum Gasteiger partial charge on any atom is -0.395 e. The lowest BCUT2D eigenvalue weighted by Crippen LogP contribution is -2.46. The van der Waals surface area contributed by atoms with Gasteiger partial charge >= 0.3 is 0 Å². The highest BCUT2D eigenvalue weighted by Gasteiger charge is 2.46. The molecule has 6 nitrogen and oxygen atoms in total. The van der Waals surface area contributed by atoms with Crippen molar-refractivity contribution in [3.63, 3.8) is 0 Å². The number of non-ortho nitro benzene ring substituents is 1. The number of ether oxygens (including phenoxy) is 1. The SMILES string of the molecule is O=[N+]([O-])c1ccc([C@@H]2OC3(CCCCC3)N[C@H]2CO)cc1. The van der Waals surface area contributed by atoms with Crippen LogP contribution >= 0.6 is 0 Å². The van der Waals surface area contributed by atoms with Crippen LogP contribution in [0.25, 0.3) is 0 Å². The number of hydrogen-bond donors (Lipinski definition) is 2. The largest absolute Gasteiger partial charge is 0.395 e. The van der Waals surface area contributed by atoms with Crippen LogP contribution in [0.1, 0.15) is 43.8 Å². The molecule has 0 radical (unpaired) electrons. The number of aliphatic hydroxyl groups excluding tert-OH is 1. The van der Waals surface area contributed by atoms with E-state index >= 15 is 0 Å². The van der Waals surface area contributed by atoms with Crippen molar-refractivity contribution >= 4 is 5.69 Å². The molecule has 0 bridgehead atoms. The fourth-order valence-electron chi connectivity index (χ4n) is 3.39. The summed E-state index contributed by atoms with van der Waals surface area (Å²) in [5.74, 6) is 0. The number of nitro benzene ring substituents is 1. The van der Waals surface area contributed by atoms with Gasteiger partial charge in [0.2, 0.25) is 0 Å². The van der Waals surface area contributed by atoms with Gasteiger partial charge < -0.3 is 9.84 Å². The molecule has 0 aromatic heterocycles. The highest BCUT2D eigenvalue weighted by Crippen LogP contribution is 2.41. The first kappa shape index (κ1) is 14.4. The molecule has 2 atom stereocenters. The molecule has 1 aromatic carbocycles. The third kappa shape index (κ3) is 2.79. The lowest BCUT2D eigenvalue weighted by Gasteiger charge is -2.33. The lowest BCUT2D eigenvalue weighted by atomic mass is 9.92. The molecule has 1 heterocycles. The second-order valence-corrected chi connectivity index (χ2v) is 5.88. The number of nitrogens with one attached hydrogen (secondary N) is 1. The zero-order valence-electron chi connectivity index (χ0n) is 11.8. The van der Waals surface area contributed by atoms with E-state index in [1.807, 2.05) is 0 Å². The van der Waals surface area contributed by atoms with Gasteiger partial charge in [-0.05, 0) is 43.4 Å². The highest BCUT2D eigenvalue weighted by molar-refractivity contribution is 5.34. The van der Waals surface area contributed by atoms with E-state index in [1.165, 1.54) is 18.6 Å². The van der Waals surface area contributed by atoms with Crippen LogP contribution in [0.3, 0.4) is 0 Å². The average Bonchev–Trinajstić information content (AvgIpc) is 2.86. The fourth-order valence-corrected chi connectivity index (χ4v) is 3.39. The summed E-state index contributed by atoms with van der Waals surface area (Å²) in [6.45, 7) is -0.0105. The summed E-state index contributed by atoms with van der Waals surface area (Å²) in [5, 5.41) is 23.8. The second kappa shape index (κ2) is 5.71. The molecule has 2 fully saturated rings. The summed E-state index contributed by atoms with van der Waals surface area (Å²) < 4.78 is 6.24. The van der Waals surface area contributed by atoms with Crippen molar-refractivity contribution in [2.75, 3.05) is 6.61 Å². The summed E-state index contributed by atoms with van der Waals surface area (Å²) in [7, 11) is 0. The van der Waals surface area contributed by atoms with Crippen molar-refractivity contribution in [1.29, 1.82) is 0 Å². The monoisotopic (exact) mass is 292 g/mol. The Hall–Kier alpha value is -1.50. The molecular weight excluding hydrogens is 272 g/mol. The molecule has 114 valence electrons. The van der Waals surface area contributed by atoms with Crippen LogP contribution in [-0.4, -0.2) is 28.4 Å². The summed E-state index contributed by atoms with van der Waals surface area (Å²) in [5.41, 5.74) is 0.602. The summed E-state index contributed by atoms with van der Waals surface area (Å²) >= 11 is 0. The molecule has 0 unspecified atom stereocenters. The van der Waals surface area contributed by atoms with Crippen LogP contribution in [0.15, 0.2) is 24.3 Å². The Bertz CT molecular complexity index is 511. The summed E-state index contributed by atoms with van der Waals surface area (Å²) in [4.78, 5) is 10.3. The van der Waals surface area contributed by atoms with Gasteiger partial charge in [-0.1, -0.05) is 6.42 Å². The number of rotatable bonds is 3. The Morgan fingerprint density at radius 3 is 2.52 bits per heavy atom. The predicted octanol–water partition coefficient (Wildman–Crippen LogP) is 2.28. The Morgan fingerprint density at radius 2 is 1.95 bits per heavy atom. The maximum atomic E-state index is 10.7. The maximum Gasteiger partial charge on any atom is 0.269 e. The first-order valence-electron chi connectivity index (χ1n) is 7.44. The van der Waals surface area contributed by atoms with E-state index in [2.05, 4.69) is 5.32 Å². The average molecular weight is 292 g/mol. The third-order valence-corrected chi connectivity index (χ3v) is 4.46. The molecule has 1 aliphatic carbocycles. The van der Waals surface area contributed by atoms with Gasteiger partial charge in [0, 0.05) is 12.1 Å². The van der Waals surface area contributed by atoms with Crippen molar-refractivity contribution in [2.45, 2.75) is 50.0 Å². The van der Waals surface area contributed by atoms with Gasteiger partial charge in [-0.2, -0.15) is 0 Å². The Balaban J connectivity index is 1.81. The van der Waals surface area contributed by atoms with E-state index in [4.69, 9.17) is 4.74 Å². The molecule has 1 aliphatic heterocycles. The van der Waals surface area contributed by atoms with Gasteiger partial charge in [0.25, 0.3) is 5.69 Å². The van der Waals surface area contributed by atoms with Crippen LogP contribution in [0.2, 0.25) is 0 Å². The second-order valence-electron chi connectivity index (χ2n) is 5.88. The molecule has 1 spiro atoms. The van der Waals surface area contributed by atoms with E-state index in [1.54, 1.807) is 12.1 Å². The van der Waals surface area contributed by atoms with Gasteiger partial charge in [0.05, 0.1) is 17.6 Å². The summed E-state index contributed by atoms with van der Waals surface area (Å²) in [6.07, 6.45) is 5.11. The zero-order chi connectivity index (χ0) is 14.9. The van der Waals surface area contributed by atoms with E-state index in [9.17, 15) is 15.2 Å². The third-order valence-electron chi connectivity index (χ3n) is 4.46. The van der Waals surface area contributed by atoms with Crippen molar-refractivity contribution in [3.8, 4) is 0 Å². The van der Waals surface area contributed by atoms with Crippen LogP contribution in [0.4, 0.5) is 5.69 Å². The van der Waals surface area contributed by atoms with Crippen molar-refractivity contribution in [2.24, 2.45) is 0 Å². The molecule has 1 saturated heterocycles. The molecule has 1 saturated carbocycles. The topological polar surface area (TPSA) is 84.6 Å². The van der Waals surface area contributed by atoms with Gasteiger partial charge in [-0.25, -0.2) is 0 Å². The standard InChI is InChI=1S/C15H20N2O4/c18-10-13-14(11-4-6-12(7-5-11)17(19)20)21-15(16-13)8-2-1-3-9-15/h4-7,13-14,16,18H,1-3,8-10H2/t13-,14-/m0/s1. The summed E-state index contributed by atoms with van der Waals surface area (Å²) in [6, 6.07) is 6.24. The Labute approximate surface area is 123 Å². The van der Waals surface area contributed by atoms with E-state index < -0.39 is 4.92 Å². The normalized spacial score (nSPS) is 27.9. The molecular formula is C15H20N2O4. The smallest absolute Gasteiger partial charge is 0.269 e. The molecule has 2 aliphatic rings. The molecule has 1 aromatic rings. The minimum atomic E-state index is -0.413. The Kier molecular flexibility index (Phi) is 3.93. The predicted molar refractivity (Wildman–Crippen MR) is 76.7 cm³/mol. The number of hydrogen-bond acceptors (Lipinski definition) is 5. The first-order chi connectivity index (χ1) is 10.1. The van der Waals surface area contributed by atoms with E-state index in [0.29, 0.717) is 0 Å². The minimum absolute atomic E-state index is 0.0105. The van der Waals surface area contributed by atoms with Gasteiger partial charge in [0.15, 0.2) is 0 Å². The van der Waals surface area contributed by atoms with Gasteiger partial charge in [0.1, 0.15) is 11.8 Å². The van der Waals surface area contributed by atoms with Crippen LogP contribution in [-0.2, 0) is 4.74 Å². The van der Waals surface area contributed by atoms with Gasteiger partial charge in [-0.15, -0.1) is 0 Å². The zero-order valence-corrected chi connectivity index (χ0v) is 11.8. The number of nitro groups is 1. The molecule has 0 amide bonds. The maximum absolute atomic E-state index is 10.7. The van der Waals surface area contributed by atoms with Crippen molar-refractivity contribution in [1.82, 2.24) is 5.32 Å². The number of aliphatic hydroxyl groups is 1. The molecule has 6 heteroatoms. The molecule has 3 rings (SSSR count).